The van der Waals surface area contributed by atoms with Gasteiger partial charge in [0.2, 0.25) is 0 Å². The third-order valence-electron chi connectivity index (χ3n) is 3.26. The van der Waals surface area contributed by atoms with Crippen molar-refractivity contribution in [1.29, 1.82) is 5.26 Å². The maximum absolute atomic E-state index is 8.72. The molecule has 3 rings (SSSR count). The van der Waals surface area contributed by atoms with Gasteiger partial charge in [0, 0.05) is 5.92 Å². The van der Waals surface area contributed by atoms with Crippen LogP contribution in [0.4, 0.5) is 0 Å². The highest BCUT2D eigenvalue weighted by Gasteiger charge is 2.63. The molecule has 2 aliphatic carbocycles. The molecule has 52 valence electrons. The van der Waals surface area contributed by atoms with Gasteiger partial charge in [-0.05, 0) is 18.8 Å². The van der Waals surface area contributed by atoms with Crippen LogP contribution >= 0.6 is 0 Å². The van der Waals surface area contributed by atoms with Gasteiger partial charge in [-0.1, -0.05) is 0 Å². The fourth-order valence-electron chi connectivity index (χ4n) is 2.75. The Balaban J connectivity index is 1.93. The van der Waals surface area contributed by atoms with E-state index in [1.807, 2.05) is 0 Å². The molecule has 1 heterocycles. The van der Waals surface area contributed by atoms with E-state index in [1.54, 1.807) is 0 Å². The molecule has 0 unspecified atom stereocenters. The summed E-state index contributed by atoms with van der Waals surface area (Å²) in [6.45, 7) is 0. The summed E-state index contributed by atoms with van der Waals surface area (Å²) in [5, 5.41) is 8.72. The Morgan fingerprint density at radius 2 is 2.20 bits per heavy atom. The van der Waals surface area contributed by atoms with Crippen molar-refractivity contribution in [3.8, 4) is 6.07 Å². The van der Waals surface area contributed by atoms with Gasteiger partial charge in [0.15, 0.2) is 0 Å². The first-order valence-corrected chi connectivity index (χ1v) is 3.95. The van der Waals surface area contributed by atoms with Crippen LogP contribution in [-0.2, 0) is 4.74 Å². The molecule has 0 spiro atoms. The minimum atomic E-state index is 0.328. The molecular weight excluding hydrogens is 126 g/mol. The molecule has 3 aliphatic rings. The van der Waals surface area contributed by atoms with Gasteiger partial charge in [-0.15, -0.1) is 0 Å². The number of ether oxygens (including phenoxy) is 1. The summed E-state index contributed by atoms with van der Waals surface area (Å²) in [5.41, 5.74) is 0. The van der Waals surface area contributed by atoms with E-state index < -0.39 is 0 Å². The summed E-state index contributed by atoms with van der Waals surface area (Å²) in [6, 6.07) is 2.37. The molecule has 2 bridgehead atoms. The number of nitrogens with zero attached hydrogens (tertiary/aromatic N) is 1. The van der Waals surface area contributed by atoms with Gasteiger partial charge in [0.25, 0.3) is 0 Å². The van der Waals surface area contributed by atoms with Crippen molar-refractivity contribution >= 4 is 0 Å². The normalized spacial score (nSPS) is 61.7. The first-order chi connectivity index (χ1) is 4.90. The van der Waals surface area contributed by atoms with Crippen molar-refractivity contribution in [2.75, 3.05) is 0 Å². The molecule has 0 aromatic heterocycles. The van der Waals surface area contributed by atoms with Gasteiger partial charge in [0.05, 0.1) is 24.2 Å². The molecule has 0 radical (unpaired) electrons. The Kier molecular flexibility index (Phi) is 0.709. The summed E-state index contributed by atoms with van der Waals surface area (Å²) in [4.78, 5) is 0. The predicted molar refractivity (Wildman–Crippen MR) is 34.0 cm³/mol. The number of fused-ring (bicyclic) bond motifs is 5. The maximum Gasteiger partial charge on any atom is 0.0885 e. The fourth-order valence-corrected chi connectivity index (χ4v) is 2.75. The Bertz CT molecular complexity index is 220. The van der Waals surface area contributed by atoms with E-state index in [0.29, 0.717) is 24.0 Å². The number of hydrogen-bond acceptors (Lipinski definition) is 2. The zero-order valence-electron chi connectivity index (χ0n) is 5.66. The molecule has 0 amide bonds. The minimum absolute atomic E-state index is 0.328. The van der Waals surface area contributed by atoms with Gasteiger partial charge in [-0.3, -0.25) is 0 Å². The van der Waals surface area contributed by atoms with Gasteiger partial charge >= 0.3 is 0 Å². The second kappa shape index (κ2) is 1.38. The predicted octanol–water partition coefficient (Wildman–Crippen LogP) is 0.933. The molecular formula is C8H9NO. The fraction of sp³-hybridized carbons (Fsp3) is 0.875. The highest BCUT2D eigenvalue weighted by atomic mass is 16.6. The second-order valence-electron chi connectivity index (χ2n) is 3.70. The van der Waals surface area contributed by atoms with Crippen LogP contribution in [0.25, 0.3) is 0 Å². The van der Waals surface area contributed by atoms with E-state index in [4.69, 9.17) is 10.00 Å². The quantitative estimate of drug-likeness (QED) is 0.463. The highest BCUT2D eigenvalue weighted by Crippen LogP contribution is 2.58. The van der Waals surface area contributed by atoms with Gasteiger partial charge in [-0.25, -0.2) is 0 Å². The summed E-state index contributed by atoms with van der Waals surface area (Å²) in [7, 11) is 0. The maximum atomic E-state index is 8.72. The Hall–Kier alpha value is -0.550. The Labute approximate surface area is 59.8 Å². The van der Waals surface area contributed by atoms with Crippen molar-refractivity contribution < 1.29 is 4.74 Å². The lowest BCUT2D eigenvalue weighted by atomic mass is 9.90. The average Bonchev–Trinajstić information content (AvgIpc) is 2.58. The van der Waals surface area contributed by atoms with E-state index in [-0.39, 0.29) is 0 Å². The first-order valence-electron chi connectivity index (χ1n) is 3.95. The third kappa shape index (κ3) is 0.411. The van der Waals surface area contributed by atoms with Crippen LogP contribution in [0.3, 0.4) is 0 Å². The van der Waals surface area contributed by atoms with Crippen LogP contribution < -0.4 is 0 Å². The number of rotatable bonds is 0. The van der Waals surface area contributed by atoms with E-state index >= 15 is 0 Å². The largest absolute Gasteiger partial charge is 0.369 e. The smallest absolute Gasteiger partial charge is 0.0885 e. The van der Waals surface area contributed by atoms with Crippen LogP contribution in [0.1, 0.15) is 12.8 Å². The molecule has 2 nitrogen and oxygen atoms in total. The monoisotopic (exact) mass is 135 g/mol. The summed E-state index contributed by atoms with van der Waals surface area (Å²) < 4.78 is 5.42. The Morgan fingerprint density at radius 1 is 1.30 bits per heavy atom. The number of nitriles is 1. The average molecular weight is 135 g/mol. The van der Waals surface area contributed by atoms with Crippen LogP contribution in [-0.4, -0.2) is 12.2 Å². The first kappa shape index (κ1) is 5.15. The van der Waals surface area contributed by atoms with Crippen LogP contribution in [0.5, 0.6) is 0 Å². The SMILES string of the molecule is N#C[C@@H]1C[C@@H]2C[C@@H]1[C@H]1O[C@H]21. The standard InChI is InChI=1S/C8H9NO/c9-3-5-1-4-2-6(5)8-7(4)10-8/h4-8H,1-2H2/t4-,5+,6+,7-,8-/m1/s1. The lowest BCUT2D eigenvalue weighted by Crippen LogP contribution is -2.15. The summed E-state index contributed by atoms with van der Waals surface area (Å²) in [6.07, 6.45) is 3.47. The van der Waals surface area contributed by atoms with Crippen LogP contribution in [0.15, 0.2) is 0 Å². The lowest BCUT2D eigenvalue weighted by Gasteiger charge is -2.09. The van der Waals surface area contributed by atoms with Crippen molar-refractivity contribution in [2.24, 2.45) is 17.8 Å². The molecule has 0 aromatic carbocycles. The Morgan fingerprint density at radius 3 is 2.80 bits per heavy atom. The van der Waals surface area contributed by atoms with Crippen LogP contribution in [0.2, 0.25) is 0 Å². The zero-order chi connectivity index (χ0) is 6.72. The van der Waals surface area contributed by atoms with E-state index in [0.717, 1.165) is 12.3 Å². The molecule has 2 saturated carbocycles. The molecule has 2 heteroatoms. The van der Waals surface area contributed by atoms with Gasteiger partial charge in [-0.2, -0.15) is 5.26 Å². The molecule has 10 heavy (non-hydrogen) atoms. The minimum Gasteiger partial charge on any atom is -0.369 e. The van der Waals surface area contributed by atoms with Crippen molar-refractivity contribution in [2.45, 2.75) is 25.0 Å². The van der Waals surface area contributed by atoms with Crippen molar-refractivity contribution in [3.05, 3.63) is 0 Å². The van der Waals surface area contributed by atoms with Crippen LogP contribution in [0, 0.1) is 29.1 Å². The van der Waals surface area contributed by atoms with Crippen molar-refractivity contribution in [3.63, 3.8) is 0 Å². The zero-order valence-corrected chi connectivity index (χ0v) is 5.66. The molecule has 0 aromatic rings. The van der Waals surface area contributed by atoms with Gasteiger partial charge in [0.1, 0.15) is 0 Å². The topological polar surface area (TPSA) is 36.3 Å². The molecule has 5 atom stereocenters. The second-order valence-corrected chi connectivity index (χ2v) is 3.70. The summed E-state index contributed by atoms with van der Waals surface area (Å²) >= 11 is 0. The number of epoxide rings is 1. The van der Waals surface area contributed by atoms with E-state index in [1.165, 1.54) is 6.42 Å². The highest BCUT2D eigenvalue weighted by molar-refractivity contribution is 5.14. The van der Waals surface area contributed by atoms with Crippen molar-refractivity contribution in [1.82, 2.24) is 0 Å². The van der Waals surface area contributed by atoms with Gasteiger partial charge < -0.3 is 4.74 Å². The molecule has 3 fully saturated rings. The molecule has 1 saturated heterocycles. The third-order valence-corrected chi connectivity index (χ3v) is 3.26. The summed E-state index contributed by atoms with van der Waals surface area (Å²) in [5.74, 6) is 1.69. The van der Waals surface area contributed by atoms with E-state index in [2.05, 4.69) is 6.07 Å². The van der Waals surface area contributed by atoms with E-state index in [9.17, 15) is 0 Å². The molecule has 1 aliphatic heterocycles. The number of hydrogen-bond donors (Lipinski definition) is 0. The lowest BCUT2D eigenvalue weighted by molar-refractivity contribution is 0.259. The molecule has 0 N–H and O–H groups in total.